The molecule has 0 saturated heterocycles. The molecule has 0 saturated carbocycles. The molecule has 0 amide bonds. The molecule has 1 radical (unpaired) electrons. The smallest absolute Gasteiger partial charge is 0 e. The summed E-state index contributed by atoms with van der Waals surface area (Å²) in [6.07, 6.45) is 0. The van der Waals surface area contributed by atoms with Crippen LogP contribution in [0.25, 0.3) is 0 Å². The van der Waals surface area contributed by atoms with E-state index >= 15 is 0 Å². The van der Waals surface area contributed by atoms with Crippen molar-refractivity contribution in [1.82, 2.24) is 0 Å². The van der Waals surface area contributed by atoms with Crippen molar-refractivity contribution < 1.29 is 19.5 Å². The zero-order chi connectivity index (χ0) is 8.24. The predicted octanol–water partition coefficient (Wildman–Crippen LogP) is 3.29. The van der Waals surface area contributed by atoms with Crippen LogP contribution >= 0.6 is 0 Å². The molecule has 0 unspecified atom stereocenters. The van der Waals surface area contributed by atoms with E-state index in [-0.39, 0.29) is 19.5 Å². The largest absolute Gasteiger partial charge is 0.106 e. The molecule has 0 aromatic heterocycles. The Morgan fingerprint density at radius 1 is 0.455 bits per heavy atom. The van der Waals surface area contributed by atoms with Crippen molar-refractivity contribution in [3.8, 4) is 0 Å². The molecule has 1 heteroatoms. The van der Waals surface area contributed by atoms with Gasteiger partial charge in [0.05, 0.1) is 0 Å². The van der Waals surface area contributed by atoms with Crippen molar-refractivity contribution in [3.63, 3.8) is 0 Å². The summed E-state index contributed by atoms with van der Waals surface area (Å²) in [4.78, 5) is 0. The average Bonchev–Trinajstić information content (AvgIpc) is 2.14. The second-order valence-electron chi connectivity index (χ2n) is 1.15. The van der Waals surface area contributed by atoms with Gasteiger partial charge in [0.2, 0.25) is 0 Å². The summed E-state index contributed by atoms with van der Waals surface area (Å²) in [5, 5.41) is 0. The van der Waals surface area contributed by atoms with E-state index < -0.39 is 0 Å². The molecule has 11 heavy (non-hydrogen) atoms. The molecular formula is C10H14Rh. The van der Waals surface area contributed by atoms with Gasteiger partial charge in [0, 0.05) is 19.5 Å². The maximum atomic E-state index is 3.00. The Balaban J connectivity index is -0.000000114. The zero-order valence-electron chi connectivity index (χ0n) is 6.63. The topological polar surface area (TPSA) is 0 Å². The minimum absolute atomic E-state index is 0. The van der Waals surface area contributed by atoms with Crippen LogP contribution in [0, 0.1) is 0 Å². The first-order valence-electron chi connectivity index (χ1n) is 3.00. The quantitative estimate of drug-likeness (QED) is 0.479. The summed E-state index contributed by atoms with van der Waals surface area (Å²) in [6.45, 7) is 12.0. The van der Waals surface area contributed by atoms with E-state index in [0.29, 0.717) is 0 Å². The van der Waals surface area contributed by atoms with Crippen molar-refractivity contribution >= 4 is 0 Å². The maximum absolute atomic E-state index is 3.00. The molecule has 1 rings (SSSR count). The fourth-order valence-corrected chi connectivity index (χ4v) is 0.385. The molecule has 1 aromatic carbocycles. The third kappa shape index (κ3) is 17.6. The Kier molecular flexibility index (Phi) is 34.7. The van der Waals surface area contributed by atoms with Gasteiger partial charge in [0.25, 0.3) is 0 Å². The predicted molar refractivity (Wildman–Crippen MR) is 49.0 cm³/mol. The molecule has 0 fully saturated rings. The number of hydrogen-bond acceptors (Lipinski definition) is 0. The van der Waals surface area contributed by atoms with Gasteiger partial charge in [-0.05, 0) is 0 Å². The van der Waals surface area contributed by atoms with Crippen molar-refractivity contribution in [2.24, 2.45) is 0 Å². The van der Waals surface area contributed by atoms with E-state index in [2.05, 4.69) is 26.3 Å². The Hall–Kier alpha value is -0.677. The maximum Gasteiger partial charge on any atom is 0 e. The van der Waals surface area contributed by atoms with E-state index in [4.69, 9.17) is 0 Å². The van der Waals surface area contributed by atoms with Gasteiger partial charge in [0.1, 0.15) is 0 Å². The molecule has 0 aliphatic heterocycles. The first-order valence-corrected chi connectivity index (χ1v) is 3.00. The van der Waals surface area contributed by atoms with Gasteiger partial charge in [0.15, 0.2) is 0 Å². The van der Waals surface area contributed by atoms with Crippen molar-refractivity contribution in [2.45, 2.75) is 0 Å². The first kappa shape index (κ1) is 16.7. The second kappa shape index (κ2) is 22.8. The fraction of sp³-hybridized carbons (Fsp3) is 0. The number of benzene rings is 1. The Labute approximate surface area is 82.4 Å². The monoisotopic (exact) mass is 237 g/mol. The summed E-state index contributed by atoms with van der Waals surface area (Å²) in [5.74, 6) is 0. The average molecular weight is 237 g/mol. The molecule has 63 valence electrons. The summed E-state index contributed by atoms with van der Waals surface area (Å²) in [6, 6.07) is 12.0. The number of rotatable bonds is 0. The van der Waals surface area contributed by atoms with Crippen molar-refractivity contribution in [3.05, 3.63) is 62.7 Å². The van der Waals surface area contributed by atoms with E-state index in [9.17, 15) is 0 Å². The molecule has 1 aromatic rings. The molecular weight excluding hydrogens is 223 g/mol. The standard InChI is InChI=1S/C6H6.2C2H4.Rh/c1-2-4-6-5-3-1;2*1-2;/h1-6H;2*1-2H2;. The minimum Gasteiger partial charge on any atom is -0.106 e. The van der Waals surface area contributed by atoms with Crippen molar-refractivity contribution in [2.75, 3.05) is 0 Å². The summed E-state index contributed by atoms with van der Waals surface area (Å²) < 4.78 is 0. The minimum atomic E-state index is 0. The van der Waals surface area contributed by atoms with Gasteiger partial charge < -0.3 is 0 Å². The third-order valence-electron chi connectivity index (χ3n) is 0.667. The molecule has 0 bridgehead atoms. The van der Waals surface area contributed by atoms with Crippen LogP contribution < -0.4 is 0 Å². The summed E-state index contributed by atoms with van der Waals surface area (Å²) >= 11 is 0. The van der Waals surface area contributed by atoms with Gasteiger partial charge in [-0.1, -0.05) is 36.4 Å². The van der Waals surface area contributed by atoms with Crippen LogP contribution in [0.3, 0.4) is 0 Å². The SMILES string of the molecule is C=C.C=C.[Rh].c1ccccc1. The Bertz CT molecular complexity index is 96.8. The van der Waals surface area contributed by atoms with E-state index in [1.807, 2.05) is 36.4 Å². The zero-order valence-corrected chi connectivity index (χ0v) is 8.26. The molecule has 0 spiro atoms. The molecule has 0 aliphatic carbocycles. The van der Waals surface area contributed by atoms with Gasteiger partial charge in [-0.3, -0.25) is 0 Å². The van der Waals surface area contributed by atoms with Crippen LogP contribution in [0.15, 0.2) is 62.7 Å². The Morgan fingerprint density at radius 3 is 0.636 bits per heavy atom. The third-order valence-corrected chi connectivity index (χ3v) is 0.667. The van der Waals surface area contributed by atoms with Gasteiger partial charge in [-0.2, -0.15) is 0 Å². The van der Waals surface area contributed by atoms with Crippen LogP contribution in [0.5, 0.6) is 0 Å². The summed E-state index contributed by atoms with van der Waals surface area (Å²) in [5.41, 5.74) is 0. The van der Waals surface area contributed by atoms with E-state index in [1.165, 1.54) is 0 Å². The molecule has 0 nitrogen and oxygen atoms in total. The fourth-order valence-electron chi connectivity index (χ4n) is 0.385. The van der Waals surface area contributed by atoms with Crippen LogP contribution in [-0.2, 0) is 19.5 Å². The van der Waals surface area contributed by atoms with Gasteiger partial charge in [-0.15, -0.1) is 26.3 Å². The van der Waals surface area contributed by atoms with Crippen LogP contribution in [0.1, 0.15) is 0 Å². The van der Waals surface area contributed by atoms with Crippen LogP contribution in [0.4, 0.5) is 0 Å². The number of hydrogen-bond donors (Lipinski definition) is 0. The summed E-state index contributed by atoms with van der Waals surface area (Å²) in [7, 11) is 0. The van der Waals surface area contributed by atoms with Crippen molar-refractivity contribution in [1.29, 1.82) is 0 Å². The van der Waals surface area contributed by atoms with Gasteiger partial charge in [-0.25, -0.2) is 0 Å². The normalized spacial score (nSPS) is 5.09. The van der Waals surface area contributed by atoms with E-state index in [1.54, 1.807) is 0 Å². The molecule has 0 aliphatic rings. The van der Waals surface area contributed by atoms with Crippen LogP contribution in [0.2, 0.25) is 0 Å². The van der Waals surface area contributed by atoms with Crippen LogP contribution in [-0.4, -0.2) is 0 Å². The van der Waals surface area contributed by atoms with E-state index in [0.717, 1.165) is 0 Å². The van der Waals surface area contributed by atoms with Gasteiger partial charge >= 0.3 is 0 Å². The molecule has 0 N–H and O–H groups in total. The molecule has 0 atom stereocenters. The second-order valence-corrected chi connectivity index (χ2v) is 1.15. The Morgan fingerprint density at radius 2 is 0.545 bits per heavy atom. The molecule has 0 heterocycles. The first-order chi connectivity index (χ1) is 5.00.